The molecule has 0 heterocycles. The molecule has 0 aliphatic heterocycles. The van der Waals surface area contributed by atoms with E-state index in [4.69, 9.17) is 11.0 Å². The van der Waals surface area contributed by atoms with Crippen molar-refractivity contribution in [3.8, 4) is 6.07 Å². The first-order valence-electron chi connectivity index (χ1n) is 6.33. The predicted octanol–water partition coefficient (Wildman–Crippen LogP) is 3.11. The van der Waals surface area contributed by atoms with E-state index in [0.29, 0.717) is 0 Å². The first-order valence-corrected chi connectivity index (χ1v) is 6.33. The number of hydrogen-bond acceptors (Lipinski definition) is 2. The highest BCUT2D eigenvalue weighted by Crippen LogP contribution is 2.32. The number of nitriles is 1. The molecule has 90 valence electrons. The maximum Gasteiger partial charge on any atom is 0.0710 e. The molecule has 0 saturated heterocycles. The molecular formula is C15H20N2. The van der Waals surface area contributed by atoms with E-state index >= 15 is 0 Å². The molecule has 1 unspecified atom stereocenters. The zero-order valence-corrected chi connectivity index (χ0v) is 10.7. The second-order valence-corrected chi connectivity index (χ2v) is 5.55. The summed E-state index contributed by atoms with van der Waals surface area (Å²) in [6.07, 6.45) is 4.91. The van der Waals surface area contributed by atoms with Gasteiger partial charge in [0.1, 0.15) is 0 Å². The molecular weight excluding hydrogens is 208 g/mol. The van der Waals surface area contributed by atoms with Gasteiger partial charge in [0.15, 0.2) is 0 Å². The zero-order chi connectivity index (χ0) is 12.5. The van der Waals surface area contributed by atoms with Crippen LogP contribution in [-0.4, -0.2) is 0 Å². The van der Waals surface area contributed by atoms with Gasteiger partial charge >= 0.3 is 0 Å². The third kappa shape index (κ3) is 2.35. The summed E-state index contributed by atoms with van der Waals surface area (Å²) in [5.41, 5.74) is 9.67. The first kappa shape index (κ1) is 12.1. The van der Waals surface area contributed by atoms with Crippen molar-refractivity contribution in [3.05, 3.63) is 34.9 Å². The van der Waals surface area contributed by atoms with Gasteiger partial charge in [-0.1, -0.05) is 18.2 Å². The zero-order valence-electron chi connectivity index (χ0n) is 10.7. The van der Waals surface area contributed by atoms with Crippen molar-refractivity contribution in [3.63, 3.8) is 0 Å². The molecule has 0 saturated carbocycles. The highest BCUT2D eigenvalue weighted by molar-refractivity contribution is 5.36. The molecule has 1 aliphatic rings. The van der Waals surface area contributed by atoms with Crippen molar-refractivity contribution in [2.75, 3.05) is 0 Å². The largest absolute Gasteiger partial charge is 0.323 e. The minimum atomic E-state index is -0.511. The maximum atomic E-state index is 9.13. The Morgan fingerprint density at radius 3 is 2.53 bits per heavy atom. The SMILES string of the molecule is CC(C)(C#N)C(N)c1ccc2c(c1)CCCC2. The Labute approximate surface area is 103 Å². The highest BCUT2D eigenvalue weighted by atomic mass is 14.7. The third-order valence-corrected chi connectivity index (χ3v) is 3.80. The van der Waals surface area contributed by atoms with Crippen LogP contribution < -0.4 is 5.73 Å². The standard InChI is InChI=1S/C15H20N2/c1-15(2,10-16)14(17)13-8-7-11-5-3-4-6-12(11)9-13/h7-9,14H,3-6,17H2,1-2H3. The van der Waals surface area contributed by atoms with Crippen LogP contribution in [0.1, 0.15) is 49.4 Å². The summed E-state index contributed by atoms with van der Waals surface area (Å²) in [4.78, 5) is 0. The number of benzene rings is 1. The Kier molecular flexibility index (Phi) is 3.22. The Morgan fingerprint density at radius 2 is 1.88 bits per heavy atom. The number of nitrogens with zero attached hydrogens (tertiary/aromatic N) is 1. The minimum absolute atomic E-state index is 0.209. The lowest BCUT2D eigenvalue weighted by Crippen LogP contribution is -2.28. The molecule has 2 rings (SSSR count). The molecule has 1 aliphatic carbocycles. The van der Waals surface area contributed by atoms with Crippen molar-refractivity contribution in [2.45, 2.75) is 45.6 Å². The lowest BCUT2D eigenvalue weighted by Gasteiger charge is -2.26. The van der Waals surface area contributed by atoms with E-state index in [-0.39, 0.29) is 6.04 Å². The van der Waals surface area contributed by atoms with E-state index in [1.165, 1.54) is 30.4 Å². The lowest BCUT2D eigenvalue weighted by atomic mass is 9.80. The Bertz CT molecular complexity index is 454. The summed E-state index contributed by atoms with van der Waals surface area (Å²) in [5.74, 6) is 0. The minimum Gasteiger partial charge on any atom is -0.323 e. The van der Waals surface area contributed by atoms with Crippen molar-refractivity contribution >= 4 is 0 Å². The molecule has 2 nitrogen and oxygen atoms in total. The van der Waals surface area contributed by atoms with Gasteiger partial charge in [-0.15, -0.1) is 0 Å². The summed E-state index contributed by atoms with van der Waals surface area (Å²) in [5, 5.41) is 9.13. The van der Waals surface area contributed by atoms with E-state index in [2.05, 4.69) is 24.3 Å². The van der Waals surface area contributed by atoms with Gasteiger partial charge in [-0.3, -0.25) is 0 Å². The van der Waals surface area contributed by atoms with Crippen LogP contribution >= 0.6 is 0 Å². The van der Waals surface area contributed by atoms with Crippen LogP contribution in [0.25, 0.3) is 0 Å². The Hall–Kier alpha value is -1.33. The van der Waals surface area contributed by atoms with E-state index in [1.54, 1.807) is 0 Å². The van der Waals surface area contributed by atoms with Gasteiger partial charge in [0, 0.05) is 6.04 Å². The Morgan fingerprint density at radius 1 is 1.24 bits per heavy atom. The molecule has 0 bridgehead atoms. The number of fused-ring (bicyclic) bond motifs is 1. The number of rotatable bonds is 2. The molecule has 1 aromatic rings. The fourth-order valence-corrected chi connectivity index (χ4v) is 2.43. The van der Waals surface area contributed by atoms with E-state index < -0.39 is 5.41 Å². The number of nitrogens with two attached hydrogens (primary N) is 1. The molecule has 0 aromatic heterocycles. The molecule has 0 fully saturated rings. The highest BCUT2D eigenvalue weighted by Gasteiger charge is 2.28. The number of hydrogen-bond donors (Lipinski definition) is 1. The van der Waals surface area contributed by atoms with Gasteiger partial charge < -0.3 is 5.73 Å². The molecule has 0 radical (unpaired) electrons. The monoisotopic (exact) mass is 228 g/mol. The van der Waals surface area contributed by atoms with Gasteiger partial charge in [0.25, 0.3) is 0 Å². The smallest absolute Gasteiger partial charge is 0.0710 e. The van der Waals surface area contributed by atoms with E-state index in [0.717, 1.165) is 12.0 Å². The second-order valence-electron chi connectivity index (χ2n) is 5.55. The van der Waals surface area contributed by atoms with Crippen molar-refractivity contribution < 1.29 is 0 Å². The summed E-state index contributed by atoms with van der Waals surface area (Å²) >= 11 is 0. The molecule has 1 aromatic carbocycles. The van der Waals surface area contributed by atoms with Gasteiger partial charge in [0.2, 0.25) is 0 Å². The summed E-state index contributed by atoms with van der Waals surface area (Å²) in [6, 6.07) is 8.58. The van der Waals surface area contributed by atoms with Crippen LogP contribution in [0.2, 0.25) is 0 Å². The van der Waals surface area contributed by atoms with Crippen LogP contribution in [0, 0.1) is 16.7 Å². The fourth-order valence-electron chi connectivity index (χ4n) is 2.43. The Balaban J connectivity index is 2.32. The first-order chi connectivity index (χ1) is 8.04. The molecule has 2 N–H and O–H groups in total. The van der Waals surface area contributed by atoms with Crippen molar-refractivity contribution in [2.24, 2.45) is 11.1 Å². The quantitative estimate of drug-likeness (QED) is 0.845. The van der Waals surface area contributed by atoms with E-state index in [1.807, 2.05) is 13.8 Å². The summed E-state index contributed by atoms with van der Waals surface area (Å²) in [7, 11) is 0. The average molecular weight is 228 g/mol. The second kappa shape index (κ2) is 4.50. The molecule has 0 amide bonds. The average Bonchev–Trinajstić information content (AvgIpc) is 2.37. The van der Waals surface area contributed by atoms with Crippen LogP contribution in [0.3, 0.4) is 0 Å². The van der Waals surface area contributed by atoms with Gasteiger partial charge in [0.05, 0.1) is 11.5 Å². The van der Waals surface area contributed by atoms with Gasteiger partial charge in [-0.2, -0.15) is 5.26 Å². The molecule has 0 spiro atoms. The normalized spacial score (nSPS) is 17.1. The topological polar surface area (TPSA) is 49.8 Å². The van der Waals surface area contributed by atoms with Crippen LogP contribution in [0.15, 0.2) is 18.2 Å². The van der Waals surface area contributed by atoms with Gasteiger partial charge in [-0.25, -0.2) is 0 Å². The van der Waals surface area contributed by atoms with Crippen LogP contribution in [-0.2, 0) is 12.8 Å². The van der Waals surface area contributed by atoms with Crippen LogP contribution in [0.4, 0.5) is 0 Å². The maximum absolute atomic E-state index is 9.13. The summed E-state index contributed by atoms with van der Waals surface area (Å²) in [6.45, 7) is 3.80. The fraction of sp³-hybridized carbons (Fsp3) is 0.533. The van der Waals surface area contributed by atoms with E-state index in [9.17, 15) is 0 Å². The molecule has 1 atom stereocenters. The van der Waals surface area contributed by atoms with Crippen molar-refractivity contribution in [1.82, 2.24) is 0 Å². The van der Waals surface area contributed by atoms with Crippen molar-refractivity contribution in [1.29, 1.82) is 5.26 Å². The lowest BCUT2D eigenvalue weighted by molar-refractivity contribution is 0.393. The molecule has 17 heavy (non-hydrogen) atoms. The summed E-state index contributed by atoms with van der Waals surface area (Å²) < 4.78 is 0. The number of aryl methyl sites for hydroxylation is 2. The molecule has 2 heteroatoms. The van der Waals surface area contributed by atoms with Gasteiger partial charge in [-0.05, 0) is 56.2 Å². The predicted molar refractivity (Wildman–Crippen MR) is 69.4 cm³/mol. The van der Waals surface area contributed by atoms with Crippen LogP contribution in [0.5, 0.6) is 0 Å². The third-order valence-electron chi connectivity index (χ3n) is 3.80.